The third kappa shape index (κ3) is 5.10. The molecule has 0 fully saturated rings. The van der Waals surface area contributed by atoms with Crippen LogP contribution in [0.3, 0.4) is 0 Å². The van der Waals surface area contributed by atoms with Crippen molar-refractivity contribution < 1.29 is 14.3 Å². The van der Waals surface area contributed by atoms with Gasteiger partial charge in [-0.1, -0.05) is 39.0 Å². The highest BCUT2D eigenvalue weighted by molar-refractivity contribution is 5.94. The molecule has 1 amide bonds. The maximum atomic E-state index is 12.6. The predicted octanol–water partition coefficient (Wildman–Crippen LogP) is 4.35. The molecule has 0 unspecified atom stereocenters. The fraction of sp³-hybridized carbons (Fsp3) is 0.458. The van der Waals surface area contributed by atoms with Crippen LogP contribution >= 0.6 is 0 Å². The highest BCUT2D eigenvalue weighted by Gasteiger charge is 2.25. The Hall–Kier alpha value is -2.53. The normalized spacial score (nSPS) is 13.2. The van der Waals surface area contributed by atoms with Crippen molar-refractivity contribution in [1.29, 1.82) is 0 Å². The Morgan fingerprint density at radius 3 is 2.45 bits per heavy atom. The van der Waals surface area contributed by atoms with Gasteiger partial charge in [-0.25, -0.2) is 0 Å². The number of nitrogens with one attached hydrogen (secondary N) is 1. The van der Waals surface area contributed by atoms with Gasteiger partial charge < -0.3 is 14.8 Å². The second-order valence-electron chi connectivity index (χ2n) is 8.49. The molecule has 0 saturated carbocycles. The standard InChI is InChI=1S/C24H32N2O3/c1-6-26(17(2)3)14-18-7-9-19(10-8-18)23(27)25-15-24(4,5)20-11-12-21-22(13-20)29-16-28-21/h7-13,17H,6,14-16H2,1-5H3,(H,25,27). The Morgan fingerprint density at radius 2 is 1.79 bits per heavy atom. The highest BCUT2D eigenvalue weighted by Crippen LogP contribution is 2.36. The van der Waals surface area contributed by atoms with Crippen molar-refractivity contribution in [3.05, 3.63) is 59.2 Å². The number of ether oxygens (including phenoxy) is 2. The van der Waals surface area contributed by atoms with E-state index in [2.05, 4.69) is 44.8 Å². The van der Waals surface area contributed by atoms with E-state index in [0.717, 1.165) is 30.2 Å². The van der Waals surface area contributed by atoms with Crippen LogP contribution < -0.4 is 14.8 Å². The summed E-state index contributed by atoms with van der Waals surface area (Å²) >= 11 is 0. The van der Waals surface area contributed by atoms with E-state index in [1.54, 1.807) is 0 Å². The van der Waals surface area contributed by atoms with Crippen molar-refractivity contribution in [2.45, 2.75) is 52.6 Å². The molecule has 29 heavy (non-hydrogen) atoms. The fourth-order valence-corrected chi connectivity index (χ4v) is 3.48. The van der Waals surface area contributed by atoms with Gasteiger partial charge in [-0.05, 0) is 55.8 Å². The van der Waals surface area contributed by atoms with Gasteiger partial charge in [0.2, 0.25) is 6.79 Å². The van der Waals surface area contributed by atoms with Crippen LogP contribution in [-0.4, -0.2) is 36.7 Å². The monoisotopic (exact) mass is 396 g/mol. The zero-order valence-electron chi connectivity index (χ0n) is 18.1. The molecule has 1 N–H and O–H groups in total. The SMILES string of the molecule is CCN(Cc1ccc(C(=O)NCC(C)(C)c2ccc3c(c2)OCO3)cc1)C(C)C. The van der Waals surface area contributed by atoms with E-state index in [9.17, 15) is 4.79 Å². The van der Waals surface area contributed by atoms with Crippen LogP contribution in [-0.2, 0) is 12.0 Å². The lowest BCUT2D eigenvalue weighted by Crippen LogP contribution is -2.36. The second-order valence-corrected chi connectivity index (χ2v) is 8.49. The van der Waals surface area contributed by atoms with Gasteiger partial charge in [-0.3, -0.25) is 9.69 Å². The Morgan fingerprint density at radius 1 is 1.10 bits per heavy atom. The van der Waals surface area contributed by atoms with E-state index < -0.39 is 0 Å². The van der Waals surface area contributed by atoms with E-state index in [0.29, 0.717) is 18.2 Å². The lowest BCUT2D eigenvalue weighted by molar-refractivity contribution is 0.0945. The molecule has 0 aliphatic carbocycles. The molecule has 5 nitrogen and oxygen atoms in total. The first kappa shape index (κ1) is 21.2. The molecular weight excluding hydrogens is 364 g/mol. The van der Waals surface area contributed by atoms with Crippen molar-refractivity contribution in [2.75, 3.05) is 19.9 Å². The first-order chi connectivity index (χ1) is 13.8. The Labute approximate surface area is 174 Å². The summed E-state index contributed by atoms with van der Waals surface area (Å²) in [7, 11) is 0. The lowest BCUT2D eigenvalue weighted by atomic mass is 9.84. The highest BCUT2D eigenvalue weighted by atomic mass is 16.7. The van der Waals surface area contributed by atoms with Crippen molar-refractivity contribution in [3.8, 4) is 11.5 Å². The molecule has 0 bridgehead atoms. The third-order valence-corrected chi connectivity index (χ3v) is 5.58. The molecule has 0 atom stereocenters. The third-order valence-electron chi connectivity index (χ3n) is 5.58. The molecule has 2 aromatic carbocycles. The molecule has 1 aliphatic heterocycles. The average molecular weight is 397 g/mol. The lowest BCUT2D eigenvalue weighted by Gasteiger charge is -2.26. The van der Waals surface area contributed by atoms with Crippen molar-refractivity contribution in [1.82, 2.24) is 10.2 Å². The number of benzene rings is 2. The summed E-state index contributed by atoms with van der Waals surface area (Å²) in [6.07, 6.45) is 0. The number of amides is 1. The molecule has 3 rings (SSSR count). The van der Waals surface area contributed by atoms with Crippen LogP contribution in [0.2, 0.25) is 0 Å². The number of carbonyl (C=O) groups is 1. The molecule has 0 radical (unpaired) electrons. The maximum absolute atomic E-state index is 12.6. The van der Waals surface area contributed by atoms with Gasteiger partial charge in [-0.15, -0.1) is 0 Å². The second kappa shape index (κ2) is 8.87. The zero-order valence-corrected chi connectivity index (χ0v) is 18.1. The van der Waals surface area contributed by atoms with Gasteiger partial charge in [-0.2, -0.15) is 0 Å². The van der Waals surface area contributed by atoms with Crippen LogP contribution in [0.4, 0.5) is 0 Å². The van der Waals surface area contributed by atoms with E-state index in [4.69, 9.17) is 9.47 Å². The molecule has 1 heterocycles. The van der Waals surface area contributed by atoms with Gasteiger partial charge in [0.25, 0.3) is 5.91 Å². The first-order valence-corrected chi connectivity index (χ1v) is 10.3. The van der Waals surface area contributed by atoms with Crippen LogP contribution in [0.5, 0.6) is 11.5 Å². The minimum absolute atomic E-state index is 0.0541. The Bertz CT molecular complexity index is 844. The quantitative estimate of drug-likeness (QED) is 0.721. The number of hydrogen-bond donors (Lipinski definition) is 1. The van der Waals surface area contributed by atoms with Crippen molar-refractivity contribution >= 4 is 5.91 Å². The predicted molar refractivity (Wildman–Crippen MR) is 116 cm³/mol. The molecule has 2 aromatic rings. The number of carbonyl (C=O) groups excluding carboxylic acids is 1. The summed E-state index contributed by atoms with van der Waals surface area (Å²) < 4.78 is 10.9. The minimum Gasteiger partial charge on any atom is -0.454 e. The molecule has 156 valence electrons. The Balaban J connectivity index is 1.60. The minimum atomic E-state index is -0.227. The summed E-state index contributed by atoms with van der Waals surface area (Å²) in [5.41, 5.74) is 2.78. The number of fused-ring (bicyclic) bond motifs is 1. The van der Waals surface area contributed by atoms with E-state index in [1.165, 1.54) is 5.56 Å². The summed E-state index contributed by atoms with van der Waals surface area (Å²) in [6, 6.07) is 14.4. The Kier molecular flexibility index (Phi) is 6.48. The fourth-order valence-electron chi connectivity index (χ4n) is 3.48. The number of rotatable bonds is 8. The largest absolute Gasteiger partial charge is 0.454 e. The molecule has 5 heteroatoms. The summed E-state index contributed by atoms with van der Waals surface area (Å²) in [6.45, 7) is 13.5. The topological polar surface area (TPSA) is 50.8 Å². The van der Waals surface area contributed by atoms with Gasteiger partial charge in [0.15, 0.2) is 11.5 Å². The van der Waals surface area contributed by atoms with Crippen LogP contribution in [0.15, 0.2) is 42.5 Å². The molecule has 0 saturated heterocycles. The first-order valence-electron chi connectivity index (χ1n) is 10.3. The van der Waals surface area contributed by atoms with Gasteiger partial charge in [0, 0.05) is 30.1 Å². The summed E-state index contributed by atoms with van der Waals surface area (Å²) in [5.74, 6) is 1.48. The van der Waals surface area contributed by atoms with E-state index in [-0.39, 0.29) is 18.1 Å². The van der Waals surface area contributed by atoms with Gasteiger partial charge in [0.1, 0.15) is 0 Å². The molecule has 1 aliphatic rings. The molecular formula is C24H32N2O3. The molecule has 0 spiro atoms. The van der Waals surface area contributed by atoms with E-state index in [1.807, 2.05) is 42.5 Å². The summed E-state index contributed by atoms with van der Waals surface area (Å²) in [4.78, 5) is 15.0. The maximum Gasteiger partial charge on any atom is 0.251 e. The van der Waals surface area contributed by atoms with E-state index >= 15 is 0 Å². The van der Waals surface area contributed by atoms with Crippen LogP contribution in [0.25, 0.3) is 0 Å². The summed E-state index contributed by atoms with van der Waals surface area (Å²) in [5, 5.41) is 3.07. The number of hydrogen-bond acceptors (Lipinski definition) is 4. The van der Waals surface area contributed by atoms with Crippen LogP contribution in [0.1, 0.15) is 56.1 Å². The van der Waals surface area contributed by atoms with Gasteiger partial charge in [0.05, 0.1) is 0 Å². The molecule has 0 aromatic heterocycles. The van der Waals surface area contributed by atoms with Crippen molar-refractivity contribution in [2.24, 2.45) is 0 Å². The smallest absolute Gasteiger partial charge is 0.251 e. The van der Waals surface area contributed by atoms with Gasteiger partial charge >= 0.3 is 0 Å². The average Bonchev–Trinajstić information content (AvgIpc) is 3.18. The van der Waals surface area contributed by atoms with Crippen LogP contribution in [0, 0.1) is 0 Å². The number of nitrogens with zero attached hydrogens (tertiary/aromatic N) is 1. The zero-order chi connectivity index (χ0) is 21.0. The van der Waals surface area contributed by atoms with Crippen molar-refractivity contribution in [3.63, 3.8) is 0 Å².